The van der Waals surface area contributed by atoms with E-state index in [0.29, 0.717) is 16.8 Å². The van der Waals surface area contributed by atoms with Crippen LogP contribution in [0.4, 0.5) is 0 Å². The molecule has 0 unspecified atom stereocenters. The minimum atomic E-state index is -3.91. The van der Waals surface area contributed by atoms with Gasteiger partial charge in [-0.05, 0) is 47.5 Å². The molecule has 3 aromatic rings. The van der Waals surface area contributed by atoms with Crippen molar-refractivity contribution in [1.29, 1.82) is 0 Å². The average molecular weight is 371 g/mol. The predicted molar refractivity (Wildman–Crippen MR) is 96.3 cm³/mol. The van der Waals surface area contributed by atoms with Gasteiger partial charge in [-0.15, -0.1) is 0 Å². The molecule has 0 aliphatic carbocycles. The molecule has 0 spiro atoms. The zero-order valence-corrected chi connectivity index (χ0v) is 14.7. The predicted octanol–water partition coefficient (Wildman–Crippen LogP) is 2.76. The van der Waals surface area contributed by atoms with Gasteiger partial charge in [-0.2, -0.15) is 8.42 Å². The fraction of sp³-hybridized carbons (Fsp3) is 0.105. The first-order chi connectivity index (χ1) is 12.3. The van der Waals surface area contributed by atoms with Crippen molar-refractivity contribution < 1.29 is 22.8 Å². The van der Waals surface area contributed by atoms with Gasteiger partial charge in [-0.25, -0.2) is 4.18 Å². The summed E-state index contributed by atoms with van der Waals surface area (Å²) in [5.74, 6) is 0.0717. The molecule has 1 aromatic heterocycles. The minimum Gasteiger partial charge on any atom is -0.508 e. The number of phenols is 2. The highest BCUT2D eigenvalue weighted by Crippen LogP contribution is 2.41. The van der Waals surface area contributed by atoms with Crippen LogP contribution in [0.15, 0.2) is 72.9 Å². The molecule has 0 saturated carbocycles. The van der Waals surface area contributed by atoms with Crippen molar-refractivity contribution in [2.24, 2.45) is 0 Å². The molecule has 0 amide bonds. The number of aromatic hydroxyl groups is 2. The summed E-state index contributed by atoms with van der Waals surface area (Å²) < 4.78 is 29.9. The van der Waals surface area contributed by atoms with Gasteiger partial charge in [-0.1, -0.05) is 30.3 Å². The van der Waals surface area contributed by atoms with Gasteiger partial charge in [0.1, 0.15) is 11.5 Å². The van der Waals surface area contributed by atoms with Gasteiger partial charge in [0.05, 0.1) is 11.9 Å². The number of nitrogens with zero attached hydrogens (tertiary/aromatic N) is 1. The largest absolute Gasteiger partial charge is 0.508 e. The molecule has 0 fully saturated rings. The van der Waals surface area contributed by atoms with Crippen molar-refractivity contribution >= 4 is 10.1 Å². The topological polar surface area (TPSA) is 96.7 Å². The Morgan fingerprint density at radius 1 is 0.846 bits per heavy atom. The Balaban J connectivity index is 2.37. The summed E-state index contributed by atoms with van der Waals surface area (Å²) in [5.41, 5.74) is -0.298. The molecule has 2 aromatic carbocycles. The number of aromatic nitrogens is 1. The Bertz CT molecular complexity index is 939. The summed E-state index contributed by atoms with van der Waals surface area (Å²) >= 11 is 0. The Labute approximate surface area is 151 Å². The fourth-order valence-corrected chi connectivity index (χ4v) is 3.52. The van der Waals surface area contributed by atoms with E-state index in [0.717, 1.165) is 6.26 Å². The summed E-state index contributed by atoms with van der Waals surface area (Å²) in [6.07, 6.45) is 2.50. The van der Waals surface area contributed by atoms with Gasteiger partial charge in [0.25, 0.3) is 10.1 Å². The van der Waals surface area contributed by atoms with E-state index >= 15 is 0 Å². The zero-order valence-electron chi connectivity index (χ0n) is 13.9. The summed E-state index contributed by atoms with van der Waals surface area (Å²) in [4.78, 5) is 4.32. The Morgan fingerprint density at radius 2 is 1.35 bits per heavy atom. The van der Waals surface area contributed by atoms with E-state index in [1.807, 2.05) is 0 Å². The molecule has 0 atom stereocenters. The minimum absolute atomic E-state index is 0.0359. The molecule has 7 heteroatoms. The maximum Gasteiger partial charge on any atom is 0.265 e. The summed E-state index contributed by atoms with van der Waals surface area (Å²) in [5, 5.41) is 19.2. The number of hydrogen-bond acceptors (Lipinski definition) is 6. The van der Waals surface area contributed by atoms with Crippen LogP contribution in [0.5, 0.6) is 11.5 Å². The fourth-order valence-electron chi connectivity index (χ4n) is 2.79. The third-order valence-electron chi connectivity index (χ3n) is 3.85. The van der Waals surface area contributed by atoms with Crippen LogP contribution in [-0.2, 0) is 19.9 Å². The standard InChI is InChI=1S/C19H17NO5S/c1-26(23,24)25-19(18-4-2-3-13-20-18,14-5-9-16(21)10-6-14)15-7-11-17(22)12-8-15/h2-13,21-22H,1H3. The number of phenolic OH excluding ortho intramolecular Hbond substituents is 2. The third kappa shape index (κ3) is 3.54. The van der Waals surface area contributed by atoms with Crippen molar-refractivity contribution in [3.63, 3.8) is 0 Å². The molecule has 3 rings (SSSR count). The van der Waals surface area contributed by atoms with Crippen molar-refractivity contribution in [1.82, 2.24) is 4.98 Å². The summed E-state index contributed by atoms with van der Waals surface area (Å²) in [7, 11) is -3.91. The summed E-state index contributed by atoms with van der Waals surface area (Å²) in [6.45, 7) is 0. The van der Waals surface area contributed by atoms with E-state index in [4.69, 9.17) is 4.18 Å². The lowest BCUT2D eigenvalue weighted by atomic mass is 9.83. The lowest BCUT2D eigenvalue weighted by Crippen LogP contribution is -2.35. The first-order valence-electron chi connectivity index (χ1n) is 7.72. The molecule has 0 saturated heterocycles. The van der Waals surface area contributed by atoms with Crippen molar-refractivity contribution in [3.8, 4) is 11.5 Å². The Hall–Kier alpha value is -2.90. The molecule has 1 heterocycles. The second-order valence-electron chi connectivity index (χ2n) is 5.78. The van der Waals surface area contributed by atoms with E-state index in [9.17, 15) is 18.6 Å². The molecule has 26 heavy (non-hydrogen) atoms. The van der Waals surface area contributed by atoms with Crippen molar-refractivity contribution in [3.05, 3.63) is 89.7 Å². The molecular formula is C19H17NO5S. The summed E-state index contributed by atoms with van der Waals surface area (Å²) in [6, 6.07) is 17.2. The number of rotatable bonds is 5. The van der Waals surface area contributed by atoms with Crippen LogP contribution in [0, 0.1) is 0 Å². The molecule has 0 radical (unpaired) electrons. The quantitative estimate of drug-likeness (QED) is 0.670. The molecular weight excluding hydrogens is 354 g/mol. The molecule has 134 valence electrons. The van der Waals surface area contributed by atoms with Crippen LogP contribution in [-0.4, -0.2) is 29.9 Å². The van der Waals surface area contributed by atoms with Crippen LogP contribution < -0.4 is 0 Å². The number of pyridine rings is 1. The van der Waals surface area contributed by atoms with E-state index in [2.05, 4.69) is 4.98 Å². The van der Waals surface area contributed by atoms with Crippen molar-refractivity contribution in [2.45, 2.75) is 5.60 Å². The first kappa shape index (κ1) is 17.9. The van der Waals surface area contributed by atoms with Gasteiger partial charge in [-0.3, -0.25) is 4.98 Å². The van der Waals surface area contributed by atoms with Crippen LogP contribution in [0.3, 0.4) is 0 Å². The molecule has 0 bridgehead atoms. The lowest BCUT2D eigenvalue weighted by molar-refractivity contribution is 0.160. The molecule has 0 aliphatic rings. The highest BCUT2D eigenvalue weighted by atomic mass is 32.2. The monoisotopic (exact) mass is 371 g/mol. The maximum absolute atomic E-state index is 12.2. The highest BCUT2D eigenvalue weighted by Gasteiger charge is 2.42. The van der Waals surface area contributed by atoms with E-state index in [-0.39, 0.29) is 11.5 Å². The van der Waals surface area contributed by atoms with Crippen LogP contribution >= 0.6 is 0 Å². The second kappa shape index (κ2) is 6.78. The van der Waals surface area contributed by atoms with E-state index in [1.165, 1.54) is 30.5 Å². The maximum atomic E-state index is 12.2. The molecule has 0 aliphatic heterocycles. The van der Waals surface area contributed by atoms with E-state index in [1.54, 1.807) is 42.5 Å². The second-order valence-corrected chi connectivity index (χ2v) is 7.35. The van der Waals surface area contributed by atoms with Gasteiger partial charge >= 0.3 is 0 Å². The van der Waals surface area contributed by atoms with Crippen LogP contribution in [0.2, 0.25) is 0 Å². The highest BCUT2D eigenvalue weighted by molar-refractivity contribution is 7.86. The molecule has 6 nitrogen and oxygen atoms in total. The number of benzene rings is 2. The third-order valence-corrected chi connectivity index (χ3v) is 4.40. The van der Waals surface area contributed by atoms with Crippen molar-refractivity contribution in [2.75, 3.05) is 6.26 Å². The molecule has 2 N–H and O–H groups in total. The van der Waals surface area contributed by atoms with Gasteiger partial charge in [0.15, 0.2) is 5.60 Å². The Kier molecular flexibility index (Phi) is 4.67. The van der Waals surface area contributed by atoms with Gasteiger partial charge < -0.3 is 10.2 Å². The average Bonchev–Trinajstić information content (AvgIpc) is 2.61. The smallest absolute Gasteiger partial charge is 0.265 e. The van der Waals surface area contributed by atoms with Gasteiger partial charge in [0, 0.05) is 6.20 Å². The van der Waals surface area contributed by atoms with Crippen LogP contribution in [0.25, 0.3) is 0 Å². The van der Waals surface area contributed by atoms with E-state index < -0.39 is 15.7 Å². The number of hydrogen-bond donors (Lipinski definition) is 2. The Morgan fingerprint density at radius 3 is 1.73 bits per heavy atom. The van der Waals surface area contributed by atoms with Gasteiger partial charge in [0.2, 0.25) is 0 Å². The normalized spacial score (nSPS) is 12.0. The van der Waals surface area contributed by atoms with Crippen LogP contribution in [0.1, 0.15) is 16.8 Å². The zero-order chi connectivity index (χ0) is 18.8. The SMILES string of the molecule is CS(=O)(=O)OC(c1ccc(O)cc1)(c1ccc(O)cc1)c1ccccn1. The first-order valence-corrected chi connectivity index (χ1v) is 9.54. The lowest BCUT2D eigenvalue weighted by Gasteiger charge is -2.33.